The molecule has 2 atom stereocenters. The molecule has 1 N–H and O–H groups in total. The van der Waals surface area contributed by atoms with Crippen molar-refractivity contribution in [3.05, 3.63) is 69.9 Å². The Labute approximate surface area is 174 Å². The number of hydrogen-bond donors (Lipinski definition) is 1. The van der Waals surface area contributed by atoms with Gasteiger partial charge in [-0.3, -0.25) is 0 Å². The smallest absolute Gasteiger partial charge is 0.410 e. The van der Waals surface area contributed by atoms with Crippen LogP contribution in [-0.2, 0) is 4.74 Å². The van der Waals surface area contributed by atoms with Gasteiger partial charge in [-0.2, -0.15) is 0 Å². The van der Waals surface area contributed by atoms with E-state index in [-0.39, 0.29) is 11.9 Å². The van der Waals surface area contributed by atoms with Crippen molar-refractivity contribution in [2.75, 3.05) is 6.54 Å². The molecule has 0 aliphatic heterocycles. The summed E-state index contributed by atoms with van der Waals surface area (Å²) in [6, 6.07) is 13.2. The molecular weight excluding hydrogens is 425 g/mol. The second-order valence-electron chi connectivity index (χ2n) is 7.76. The van der Waals surface area contributed by atoms with Gasteiger partial charge in [0.15, 0.2) is 0 Å². The Balaban J connectivity index is 2.16. The Bertz CT molecular complexity index is 772. The topological polar surface area (TPSA) is 49.8 Å². The van der Waals surface area contributed by atoms with Gasteiger partial charge in [0.2, 0.25) is 0 Å². The molecule has 2 aromatic carbocycles. The average Bonchev–Trinajstić information content (AvgIpc) is 2.61. The number of aliphatic hydroxyl groups excluding tert-OH is 1. The molecule has 0 radical (unpaired) electrons. The molecule has 6 heteroatoms. The zero-order valence-electron chi connectivity index (χ0n) is 16.7. The number of hydrogen-bond acceptors (Lipinski definition) is 3. The lowest BCUT2D eigenvalue weighted by Crippen LogP contribution is -2.39. The molecule has 1 unspecified atom stereocenters. The first-order valence-electron chi connectivity index (χ1n) is 9.25. The van der Waals surface area contributed by atoms with E-state index in [9.17, 15) is 14.3 Å². The van der Waals surface area contributed by atoms with Crippen molar-refractivity contribution < 1.29 is 19.0 Å². The lowest BCUT2D eigenvalue weighted by Gasteiger charge is -2.32. The molecule has 0 bridgehead atoms. The Kier molecular flexibility index (Phi) is 7.61. The van der Waals surface area contributed by atoms with Crippen LogP contribution in [0.4, 0.5) is 9.18 Å². The third-order valence-electron chi connectivity index (χ3n) is 4.35. The van der Waals surface area contributed by atoms with Gasteiger partial charge >= 0.3 is 6.09 Å². The molecule has 4 nitrogen and oxygen atoms in total. The SMILES string of the molecule is CC(c1ccc(Br)cc1)N(CC[C@H](O)c1ccc(F)cc1)C(=O)OC(C)(C)C. The van der Waals surface area contributed by atoms with Crippen LogP contribution in [0, 0.1) is 5.82 Å². The van der Waals surface area contributed by atoms with Crippen LogP contribution in [0.2, 0.25) is 0 Å². The van der Waals surface area contributed by atoms with Crippen LogP contribution in [-0.4, -0.2) is 28.2 Å². The van der Waals surface area contributed by atoms with Gasteiger partial charge < -0.3 is 14.7 Å². The van der Waals surface area contributed by atoms with E-state index in [1.165, 1.54) is 12.1 Å². The van der Waals surface area contributed by atoms with Gasteiger partial charge in [-0.25, -0.2) is 9.18 Å². The molecule has 1 amide bonds. The monoisotopic (exact) mass is 451 g/mol. The lowest BCUT2D eigenvalue weighted by atomic mass is 10.0. The van der Waals surface area contributed by atoms with Crippen LogP contribution in [0.3, 0.4) is 0 Å². The lowest BCUT2D eigenvalue weighted by molar-refractivity contribution is 0.0140. The van der Waals surface area contributed by atoms with Crippen molar-refractivity contribution in [2.24, 2.45) is 0 Å². The van der Waals surface area contributed by atoms with Crippen molar-refractivity contribution in [3.8, 4) is 0 Å². The van der Waals surface area contributed by atoms with Crippen LogP contribution >= 0.6 is 15.9 Å². The highest BCUT2D eigenvalue weighted by Crippen LogP contribution is 2.26. The fourth-order valence-corrected chi connectivity index (χ4v) is 3.06. The molecule has 0 spiro atoms. The molecule has 2 rings (SSSR count). The van der Waals surface area contributed by atoms with Crippen molar-refractivity contribution in [1.29, 1.82) is 0 Å². The third-order valence-corrected chi connectivity index (χ3v) is 4.87. The summed E-state index contributed by atoms with van der Waals surface area (Å²) in [5.41, 5.74) is 0.955. The number of ether oxygens (including phenoxy) is 1. The molecule has 0 aliphatic rings. The molecule has 152 valence electrons. The fraction of sp³-hybridized carbons (Fsp3) is 0.409. The van der Waals surface area contributed by atoms with Crippen molar-refractivity contribution in [1.82, 2.24) is 4.90 Å². The Morgan fingerprint density at radius 2 is 1.64 bits per heavy atom. The summed E-state index contributed by atoms with van der Waals surface area (Å²) in [5.74, 6) is -0.352. The molecule has 28 heavy (non-hydrogen) atoms. The normalized spacial score (nSPS) is 13.7. The highest BCUT2D eigenvalue weighted by molar-refractivity contribution is 9.10. The van der Waals surface area contributed by atoms with Crippen LogP contribution < -0.4 is 0 Å². The fourth-order valence-electron chi connectivity index (χ4n) is 2.80. The van der Waals surface area contributed by atoms with Gasteiger partial charge in [-0.1, -0.05) is 40.2 Å². The second-order valence-corrected chi connectivity index (χ2v) is 8.67. The molecule has 0 saturated heterocycles. The summed E-state index contributed by atoms with van der Waals surface area (Å²) >= 11 is 3.42. The molecule has 0 heterocycles. The summed E-state index contributed by atoms with van der Waals surface area (Å²) in [5, 5.41) is 10.5. The first kappa shape index (κ1) is 22.4. The van der Waals surface area contributed by atoms with Crippen molar-refractivity contribution in [3.63, 3.8) is 0 Å². The maximum Gasteiger partial charge on any atom is 0.410 e. The van der Waals surface area contributed by atoms with E-state index in [0.717, 1.165) is 10.0 Å². The summed E-state index contributed by atoms with van der Waals surface area (Å²) in [6.07, 6.45) is -0.928. The first-order valence-corrected chi connectivity index (χ1v) is 10.0. The maximum atomic E-state index is 13.1. The maximum absolute atomic E-state index is 13.1. The zero-order chi connectivity index (χ0) is 20.9. The van der Waals surface area contributed by atoms with E-state index in [1.807, 2.05) is 52.0 Å². The first-order chi connectivity index (χ1) is 13.1. The van der Waals surface area contributed by atoms with Gasteiger partial charge in [-0.05, 0) is 69.5 Å². The molecular formula is C22H27BrFNO3. The number of amides is 1. The Hall–Kier alpha value is -1.92. The predicted octanol–water partition coefficient (Wildman–Crippen LogP) is 6.01. The minimum Gasteiger partial charge on any atom is -0.444 e. The number of benzene rings is 2. The number of nitrogens with zero attached hydrogens (tertiary/aromatic N) is 1. The van der Waals surface area contributed by atoms with Crippen LogP contribution in [0.5, 0.6) is 0 Å². The van der Waals surface area contributed by atoms with Gasteiger partial charge in [-0.15, -0.1) is 0 Å². The molecule has 2 aromatic rings. The summed E-state index contributed by atoms with van der Waals surface area (Å²) < 4.78 is 19.6. The zero-order valence-corrected chi connectivity index (χ0v) is 18.2. The number of halogens is 2. The minimum absolute atomic E-state index is 0.233. The van der Waals surface area contributed by atoms with Crippen LogP contribution in [0.15, 0.2) is 53.0 Å². The van der Waals surface area contributed by atoms with E-state index < -0.39 is 17.8 Å². The number of carbonyl (C=O) groups is 1. The van der Waals surface area contributed by atoms with Crippen molar-refractivity contribution >= 4 is 22.0 Å². The highest BCUT2D eigenvalue weighted by atomic mass is 79.9. The average molecular weight is 452 g/mol. The molecule has 0 saturated carbocycles. The molecule has 0 aromatic heterocycles. The highest BCUT2D eigenvalue weighted by Gasteiger charge is 2.27. The summed E-state index contributed by atoms with van der Waals surface area (Å²) in [6.45, 7) is 7.68. The van der Waals surface area contributed by atoms with Gasteiger partial charge in [0.1, 0.15) is 11.4 Å². The predicted molar refractivity (Wildman–Crippen MR) is 111 cm³/mol. The van der Waals surface area contributed by atoms with Crippen LogP contribution in [0.25, 0.3) is 0 Å². The molecule has 0 aliphatic carbocycles. The number of aliphatic hydroxyl groups is 1. The Morgan fingerprint density at radius 1 is 1.11 bits per heavy atom. The van der Waals surface area contributed by atoms with Crippen LogP contribution in [0.1, 0.15) is 57.4 Å². The number of carbonyl (C=O) groups excluding carboxylic acids is 1. The number of rotatable bonds is 6. The van der Waals surface area contributed by atoms with Gasteiger partial charge in [0.05, 0.1) is 12.1 Å². The third kappa shape index (κ3) is 6.60. The van der Waals surface area contributed by atoms with Gasteiger partial charge in [0.25, 0.3) is 0 Å². The van der Waals surface area contributed by atoms with E-state index in [4.69, 9.17) is 4.74 Å². The second kappa shape index (κ2) is 9.52. The van der Waals surface area contributed by atoms with Gasteiger partial charge in [0, 0.05) is 11.0 Å². The Morgan fingerprint density at radius 3 is 2.18 bits per heavy atom. The summed E-state index contributed by atoms with van der Waals surface area (Å²) in [4.78, 5) is 14.4. The standard InChI is InChI=1S/C22H27BrFNO3/c1-15(16-5-9-18(23)10-6-16)25(21(27)28-22(2,3)4)14-13-20(26)17-7-11-19(24)12-8-17/h5-12,15,20,26H,13-14H2,1-4H3/t15?,20-/m0/s1. The largest absolute Gasteiger partial charge is 0.444 e. The van der Waals surface area contributed by atoms with E-state index in [1.54, 1.807) is 17.0 Å². The van der Waals surface area contributed by atoms with E-state index in [2.05, 4.69) is 15.9 Å². The molecule has 0 fully saturated rings. The summed E-state index contributed by atoms with van der Waals surface area (Å²) in [7, 11) is 0. The van der Waals surface area contributed by atoms with E-state index >= 15 is 0 Å². The van der Waals surface area contributed by atoms with E-state index in [0.29, 0.717) is 18.5 Å². The minimum atomic E-state index is -0.803. The van der Waals surface area contributed by atoms with Crippen molar-refractivity contribution in [2.45, 2.75) is 51.9 Å². The quantitative estimate of drug-likeness (QED) is 0.584.